The summed E-state index contributed by atoms with van der Waals surface area (Å²) in [7, 11) is 0. The third-order valence-corrected chi connectivity index (χ3v) is 4.50. The molecule has 1 aliphatic heterocycles. The summed E-state index contributed by atoms with van der Waals surface area (Å²) in [6.45, 7) is 6.28. The van der Waals surface area contributed by atoms with Crippen molar-refractivity contribution in [1.82, 2.24) is 20.4 Å². The molecule has 6 nitrogen and oxygen atoms in total. The molecule has 2 aromatic rings. The summed E-state index contributed by atoms with van der Waals surface area (Å²) in [6, 6.07) is 2.99. The van der Waals surface area contributed by atoms with Crippen LogP contribution in [0.15, 0.2) is 30.6 Å². The normalized spacial score (nSPS) is 15.6. The molecule has 8 heteroatoms. The van der Waals surface area contributed by atoms with Crippen molar-refractivity contribution < 1.29 is 18.4 Å². The van der Waals surface area contributed by atoms with E-state index in [1.165, 1.54) is 17.2 Å². The van der Waals surface area contributed by atoms with Gasteiger partial charge in [-0.05, 0) is 25.1 Å². The maximum atomic E-state index is 13.6. The number of nitrogens with one attached hydrogen (secondary N) is 2. The number of amides is 2. The molecule has 3 rings (SSSR count). The highest BCUT2D eigenvalue weighted by Crippen LogP contribution is 2.34. The minimum absolute atomic E-state index is 0.000106. The molecule has 0 fully saturated rings. The van der Waals surface area contributed by atoms with Crippen molar-refractivity contribution >= 4 is 17.4 Å². The number of rotatable bonds is 3. The van der Waals surface area contributed by atoms with Gasteiger partial charge in [0, 0.05) is 35.8 Å². The van der Waals surface area contributed by atoms with E-state index < -0.39 is 23.0 Å². The molecule has 0 saturated carbocycles. The molecular weight excluding hydrogens is 354 g/mol. The number of hydrogen-bond acceptors (Lipinski definition) is 3. The fourth-order valence-electron chi connectivity index (χ4n) is 3.14. The lowest BCUT2D eigenvalue weighted by Gasteiger charge is -2.28. The van der Waals surface area contributed by atoms with E-state index in [0.29, 0.717) is 12.2 Å². The molecule has 27 heavy (non-hydrogen) atoms. The third kappa shape index (κ3) is 3.47. The van der Waals surface area contributed by atoms with Crippen molar-refractivity contribution in [2.45, 2.75) is 26.2 Å². The van der Waals surface area contributed by atoms with Crippen molar-refractivity contribution in [3.05, 3.63) is 59.1 Å². The monoisotopic (exact) mass is 374 g/mol. The van der Waals surface area contributed by atoms with Crippen LogP contribution in [0, 0.1) is 11.6 Å². The summed E-state index contributed by atoms with van der Waals surface area (Å²) in [6.07, 6.45) is 3.06. The lowest BCUT2D eigenvalue weighted by molar-refractivity contribution is -0.115. The van der Waals surface area contributed by atoms with Gasteiger partial charge in [-0.1, -0.05) is 13.8 Å². The van der Waals surface area contributed by atoms with Crippen LogP contribution in [0.2, 0.25) is 0 Å². The summed E-state index contributed by atoms with van der Waals surface area (Å²) in [5, 5.41) is 9.59. The van der Waals surface area contributed by atoms with E-state index in [4.69, 9.17) is 0 Å². The second-order valence-electron chi connectivity index (χ2n) is 7.01. The molecule has 2 N–H and O–H groups in total. The van der Waals surface area contributed by atoms with Gasteiger partial charge in [0.15, 0.2) is 11.6 Å². The number of hydrogen-bond donors (Lipinski definition) is 2. The zero-order chi connectivity index (χ0) is 19.8. The molecule has 142 valence electrons. The van der Waals surface area contributed by atoms with Crippen LogP contribution in [-0.2, 0) is 10.2 Å². The van der Waals surface area contributed by atoms with E-state index in [1.807, 2.05) is 13.8 Å². The number of fused-ring (bicyclic) bond motifs is 1. The molecule has 1 aliphatic rings. The maximum absolute atomic E-state index is 13.6. The van der Waals surface area contributed by atoms with Crippen LogP contribution >= 0.6 is 0 Å². The van der Waals surface area contributed by atoms with E-state index in [2.05, 4.69) is 15.5 Å². The van der Waals surface area contributed by atoms with Crippen LogP contribution in [0.5, 0.6) is 0 Å². The second-order valence-corrected chi connectivity index (χ2v) is 7.01. The Morgan fingerprint density at radius 2 is 2.04 bits per heavy atom. The highest BCUT2D eigenvalue weighted by molar-refractivity contribution is 6.20. The van der Waals surface area contributed by atoms with Gasteiger partial charge in [-0.2, -0.15) is 5.10 Å². The first kappa shape index (κ1) is 18.8. The highest BCUT2D eigenvalue weighted by Gasteiger charge is 2.35. The summed E-state index contributed by atoms with van der Waals surface area (Å²) < 4.78 is 26.8. The number of H-pyrrole nitrogens is 1. The largest absolute Gasteiger partial charge is 0.352 e. The molecule has 0 spiro atoms. The lowest BCUT2D eigenvalue weighted by atomic mass is 9.84. The zero-order valence-electron chi connectivity index (χ0n) is 15.3. The number of aromatic amines is 1. The number of carbonyl (C=O) groups excluding carboxylic acids is 2. The van der Waals surface area contributed by atoms with Gasteiger partial charge in [0.2, 0.25) is 0 Å². The molecule has 0 bridgehead atoms. The molecule has 0 radical (unpaired) electrons. The Bertz CT molecular complexity index is 934. The molecule has 2 heterocycles. The Balaban J connectivity index is 2.08. The Morgan fingerprint density at radius 3 is 2.70 bits per heavy atom. The summed E-state index contributed by atoms with van der Waals surface area (Å²) in [4.78, 5) is 26.8. The van der Waals surface area contributed by atoms with Crippen LogP contribution in [0.4, 0.5) is 8.78 Å². The predicted octanol–water partition coefficient (Wildman–Crippen LogP) is 2.60. The Morgan fingerprint density at radius 1 is 1.30 bits per heavy atom. The molecule has 0 saturated heterocycles. The van der Waals surface area contributed by atoms with Crippen LogP contribution < -0.4 is 5.32 Å². The van der Waals surface area contributed by atoms with Gasteiger partial charge in [0.25, 0.3) is 11.8 Å². The third-order valence-electron chi connectivity index (χ3n) is 4.50. The number of aromatic nitrogens is 2. The summed E-state index contributed by atoms with van der Waals surface area (Å²) >= 11 is 0. The van der Waals surface area contributed by atoms with Crippen LogP contribution in [0.3, 0.4) is 0 Å². The van der Waals surface area contributed by atoms with E-state index >= 15 is 0 Å². The number of benzene rings is 1. The number of carbonyl (C=O) groups is 2. The number of nitrogens with zero attached hydrogens (tertiary/aromatic N) is 2. The number of halogens is 2. The summed E-state index contributed by atoms with van der Waals surface area (Å²) in [5.74, 6) is -3.01. The molecule has 0 aliphatic carbocycles. The standard InChI is InChI=1S/C19H20F2N4O2/c1-4-22-17(26)12-9-25(10-19(2,3)13-8-23-24-16(12)13)18(27)11-5-6-14(20)15(21)7-11/h5-9H,4,10H2,1-3H3,(H,22,26)(H,23,24). The van der Waals surface area contributed by atoms with E-state index in [0.717, 1.165) is 17.7 Å². The first-order valence-electron chi connectivity index (χ1n) is 8.55. The number of likely N-dealkylation sites (N-methyl/N-ethyl adjacent to an activating group) is 1. The SMILES string of the molecule is CCNC(=O)C1=CN(C(=O)c2ccc(F)c(F)c2)CC(C)(C)c2cn[nH]c21. The maximum Gasteiger partial charge on any atom is 0.257 e. The van der Waals surface area contributed by atoms with Crippen LogP contribution in [0.1, 0.15) is 42.4 Å². The first-order valence-corrected chi connectivity index (χ1v) is 8.55. The lowest BCUT2D eigenvalue weighted by Crippen LogP contribution is -2.37. The van der Waals surface area contributed by atoms with Gasteiger partial charge in [0.1, 0.15) is 0 Å². The molecule has 0 unspecified atom stereocenters. The smallest absolute Gasteiger partial charge is 0.257 e. The van der Waals surface area contributed by atoms with E-state index in [9.17, 15) is 18.4 Å². The minimum Gasteiger partial charge on any atom is -0.352 e. The Labute approximate surface area is 155 Å². The Kier molecular flexibility index (Phi) is 4.82. The fraction of sp³-hybridized carbons (Fsp3) is 0.316. The van der Waals surface area contributed by atoms with Gasteiger partial charge >= 0.3 is 0 Å². The molecule has 1 aromatic heterocycles. The molecular formula is C19H20F2N4O2. The van der Waals surface area contributed by atoms with Crippen LogP contribution in [-0.4, -0.2) is 40.0 Å². The van der Waals surface area contributed by atoms with Gasteiger partial charge in [-0.25, -0.2) is 8.78 Å². The van der Waals surface area contributed by atoms with Crippen LogP contribution in [0.25, 0.3) is 5.57 Å². The molecule has 2 amide bonds. The van der Waals surface area contributed by atoms with Gasteiger partial charge in [0.05, 0.1) is 17.5 Å². The van der Waals surface area contributed by atoms with Gasteiger partial charge in [-0.3, -0.25) is 14.7 Å². The fourth-order valence-corrected chi connectivity index (χ4v) is 3.14. The highest BCUT2D eigenvalue weighted by atomic mass is 19.2. The summed E-state index contributed by atoms with van der Waals surface area (Å²) in [5.41, 5.74) is 1.05. The van der Waals surface area contributed by atoms with Gasteiger partial charge < -0.3 is 10.2 Å². The van der Waals surface area contributed by atoms with Crippen molar-refractivity contribution in [3.8, 4) is 0 Å². The van der Waals surface area contributed by atoms with E-state index in [1.54, 1.807) is 13.1 Å². The molecule has 1 aromatic carbocycles. The zero-order valence-corrected chi connectivity index (χ0v) is 15.3. The Hall–Kier alpha value is -3.03. The van der Waals surface area contributed by atoms with Crippen molar-refractivity contribution in [3.63, 3.8) is 0 Å². The molecule has 0 atom stereocenters. The van der Waals surface area contributed by atoms with Gasteiger partial charge in [-0.15, -0.1) is 0 Å². The minimum atomic E-state index is -1.10. The van der Waals surface area contributed by atoms with Crippen molar-refractivity contribution in [2.75, 3.05) is 13.1 Å². The average molecular weight is 374 g/mol. The predicted molar refractivity (Wildman–Crippen MR) is 95.7 cm³/mol. The van der Waals surface area contributed by atoms with Crippen molar-refractivity contribution in [1.29, 1.82) is 0 Å². The van der Waals surface area contributed by atoms with Crippen molar-refractivity contribution in [2.24, 2.45) is 0 Å². The first-order chi connectivity index (χ1) is 12.7. The average Bonchev–Trinajstić information content (AvgIpc) is 3.07. The second kappa shape index (κ2) is 6.94. The van der Waals surface area contributed by atoms with E-state index in [-0.39, 0.29) is 23.6 Å². The quantitative estimate of drug-likeness (QED) is 0.867. The topological polar surface area (TPSA) is 78.1 Å².